The Bertz CT molecular complexity index is 386. The van der Waals surface area contributed by atoms with E-state index in [0.29, 0.717) is 6.10 Å². The second-order valence-corrected chi connectivity index (χ2v) is 4.80. The van der Waals surface area contributed by atoms with Crippen LogP contribution in [0, 0.1) is 0 Å². The van der Waals surface area contributed by atoms with Crippen molar-refractivity contribution in [3.8, 4) is 5.75 Å². The molecule has 17 heavy (non-hydrogen) atoms. The van der Waals surface area contributed by atoms with Crippen LogP contribution in [0.1, 0.15) is 24.0 Å². The van der Waals surface area contributed by atoms with Crippen molar-refractivity contribution in [3.63, 3.8) is 0 Å². The lowest BCUT2D eigenvalue weighted by Gasteiger charge is -2.25. The molecule has 3 rings (SSSR count). The molecule has 0 bridgehead atoms. The number of nitrogens with one attached hydrogen (secondary N) is 1. The minimum atomic E-state index is 0.374. The first-order valence-corrected chi connectivity index (χ1v) is 6.49. The monoisotopic (exact) mass is 233 g/mol. The highest BCUT2D eigenvalue weighted by molar-refractivity contribution is 5.36. The van der Waals surface area contributed by atoms with E-state index < -0.39 is 0 Å². The van der Waals surface area contributed by atoms with Crippen LogP contribution in [-0.2, 0) is 17.8 Å². The zero-order chi connectivity index (χ0) is 11.5. The molecule has 0 aliphatic carbocycles. The zero-order valence-corrected chi connectivity index (χ0v) is 10.1. The van der Waals surface area contributed by atoms with Crippen molar-refractivity contribution < 1.29 is 9.47 Å². The van der Waals surface area contributed by atoms with Gasteiger partial charge in [0.15, 0.2) is 0 Å². The van der Waals surface area contributed by atoms with Crippen LogP contribution in [0.15, 0.2) is 18.2 Å². The third kappa shape index (κ3) is 2.61. The highest BCUT2D eigenvalue weighted by Crippen LogP contribution is 2.24. The molecule has 1 aromatic rings. The minimum Gasteiger partial charge on any atom is -0.490 e. The van der Waals surface area contributed by atoms with Crippen molar-refractivity contribution in [2.75, 3.05) is 19.7 Å². The van der Waals surface area contributed by atoms with E-state index in [4.69, 9.17) is 9.47 Å². The summed E-state index contributed by atoms with van der Waals surface area (Å²) >= 11 is 0. The van der Waals surface area contributed by atoms with Crippen molar-refractivity contribution in [2.45, 2.75) is 32.0 Å². The molecule has 0 saturated carbocycles. The van der Waals surface area contributed by atoms with Gasteiger partial charge in [-0.25, -0.2) is 0 Å². The van der Waals surface area contributed by atoms with Gasteiger partial charge < -0.3 is 14.8 Å². The number of ether oxygens (including phenoxy) is 2. The Labute approximate surface area is 102 Å². The highest BCUT2D eigenvalue weighted by atomic mass is 16.5. The van der Waals surface area contributed by atoms with Gasteiger partial charge in [0.1, 0.15) is 11.9 Å². The summed E-state index contributed by atoms with van der Waals surface area (Å²) in [6.07, 6.45) is 3.61. The molecule has 0 unspecified atom stereocenters. The van der Waals surface area contributed by atoms with Crippen LogP contribution in [0.25, 0.3) is 0 Å². The number of piperidine rings is 1. The number of fused-ring (bicyclic) bond motifs is 1. The molecule has 3 heteroatoms. The molecule has 1 N–H and O–H groups in total. The second-order valence-electron chi connectivity index (χ2n) is 4.80. The summed E-state index contributed by atoms with van der Waals surface area (Å²) in [5.41, 5.74) is 2.71. The topological polar surface area (TPSA) is 30.5 Å². The van der Waals surface area contributed by atoms with Crippen molar-refractivity contribution >= 4 is 0 Å². The first-order chi connectivity index (χ1) is 8.42. The fourth-order valence-corrected chi connectivity index (χ4v) is 2.52. The molecule has 0 aromatic heterocycles. The van der Waals surface area contributed by atoms with Gasteiger partial charge in [-0.2, -0.15) is 0 Å². The van der Waals surface area contributed by atoms with Crippen molar-refractivity contribution in [3.05, 3.63) is 29.3 Å². The Morgan fingerprint density at radius 2 is 2.06 bits per heavy atom. The summed E-state index contributed by atoms with van der Waals surface area (Å²) in [7, 11) is 0. The molecule has 1 aromatic carbocycles. The molecular weight excluding hydrogens is 214 g/mol. The predicted molar refractivity (Wildman–Crippen MR) is 66.3 cm³/mol. The van der Waals surface area contributed by atoms with Crippen molar-refractivity contribution in [2.24, 2.45) is 0 Å². The van der Waals surface area contributed by atoms with E-state index in [9.17, 15) is 0 Å². The first-order valence-electron chi connectivity index (χ1n) is 6.49. The van der Waals surface area contributed by atoms with Gasteiger partial charge in [0, 0.05) is 0 Å². The summed E-state index contributed by atoms with van der Waals surface area (Å²) in [5.74, 6) is 1.00. The average molecular weight is 233 g/mol. The maximum Gasteiger partial charge on any atom is 0.120 e. The summed E-state index contributed by atoms with van der Waals surface area (Å²) in [4.78, 5) is 0. The third-order valence-electron chi connectivity index (χ3n) is 3.54. The molecular formula is C14H19NO2. The van der Waals surface area contributed by atoms with E-state index in [2.05, 4.69) is 23.5 Å². The average Bonchev–Trinajstić information content (AvgIpc) is 2.40. The number of benzene rings is 1. The van der Waals surface area contributed by atoms with Gasteiger partial charge in [-0.1, -0.05) is 6.07 Å². The van der Waals surface area contributed by atoms with E-state index in [1.807, 2.05) is 0 Å². The molecule has 0 spiro atoms. The van der Waals surface area contributed by atoms with Crippen LogP contribution >= 0.6 is 0 Å². The Morgan fingerprint density at radius 1 is 1.18 bits per heavy atom. The van der Waals surface area contributed by atoms with E-state index in [1.165, 1.54) is 11.1 Å². The quantitative estimate of drug-likeness (QED) is 0.846. The van der Waals surface area contributed by atoms with E-state index in [1.54, 1.807) is 0 Å². The van der Waals surface area contributed by atoms with Gasteiger partial charge in [-0.3, -0.25) is 0 Å². The fourth-order valence-electron chi connectivity index (χ4n) is 2.52. The Morgan fingerprint density at radius 3 is 2.94 bits per heavy atom. The number of hydrogen-bond acceptors (Lipinski definition) is 3. The Kier molecular flexibility index (Phi) is 3.29. The van der Waals surface area contributed by atoms with Gasteiger partial charge in [0.05, 0.1) is 13.2 Å². The van der Waals surface area contributed by atoms with E-state index >= 15 is 0 Å². The lowest BCUT2D eigenvalue weighted by atomic mass is 10.0. The van der Waals surface area contributed by atoms with Crippen molar-refractivity contribution in [1.82, 2.24) is 5.32 Å². The van der Waals surface area contributed by atoms with Crippen LogP contribution in [0.3, 0.4) is 0 Å². The summed E-state index contributed by atoms with van der Waals surface area (Å²) in [5, 5.41) is 3.35. The molecule has 0 amide bonds. The van der Waals surface area contributed by atoms with Gasteiger partial charge in [-0.15, -0.1) is 0 Å². The molecule has 0 radical (unpaired) electrons. The Hall–Kier alpha value is -1.06. The molecule has 3 nitrogen and oxygen atoms in total. The fraction of sp³-hybridized carbons (Fsp3) is 0.571. The maximum absolute atomic E-state index is 6.03. The normalized spacial score (nSPS) is 20.9. The molecule has 2 heterocycles. The lowest BCUT2D eigenvalue weighted by molar-refractivity contribution is 0.109. The maximum atomic E-state index is 6.03. The van der Waals surface area contributed by atoms with Crippen LogP contribution < -0.4 is 10.1 Å². The van der Waals surface area contributed by atoms with Crippen LogP contribution in [0.2, 0.25) is 0 Å². The predicted octanol–water partition coefficient (Wildman–Crippen LogP) is 1.89. The second kappa shape index (κ2) is 5.07. The first kappa shape index (κ1) is 11.1. The van der Waals surface area contributed by atoms with Crippen LogP contribution in [0.4, 0.5) is 0 Å². The smallest absolute Gasteiger partial charge is 0.120 e. The zero-order valence-electron chi connectivity index (χ0n) is 10.1. The Balaban J connectivity index is 1.70. The minimum absolute atomic E-state index is 0.374. The standard InChI is InChI=1S/C14H19NO2/c1-2-14(17-13-3-6-15-7-4-13)9-12-10-16-8-5-11(1)12/h1-2,9,13,15H,3-8,10H2. The molecule has 1 saturated heterocycles. The van der Waals surface area contributed by atoms with Gasteiger partial charge >= 0.3 is 0 Å². The SMILES string of the molecule is c1cc2c(cc1OC1CCNCC1)COCC2. The number of rotatable bonds is 2. The molecule has 2 aliphatic heterocycles. The third-order valence-corrected chi connectivity index (χ3v) is 3.54. The molecule has 0 atom stereocenters. The lowest BCUT2D eigenvalue weighted by Crippen LogP contribution is -2.34. The van der Waals surface area contributed by atoms with Gasteiger partial charge in [0.2, 0.25) is 0 Å². The van der Waals surface area contributed by atoms with E-state index in [-0.39, 0.29) is 0 Å². The van der Waals surface area contributed by atoms with Gasteiger partial charge in [0.25, 0.3) is 0 Å². The summed E-state index contributed by atoms with van der Waals surface area (Å²) < 4.78 is 11.5. The highest BCUT2D eigenvalue weighted by Gasteiger charge is 2.16. The van der Waals surface area contributed by atoms with Crippen LogP contribution in [0.5, 0.6) is 5.75 Å². The molecule has 1 fully saturated rings. The number of hydrogen-bond donors (Lipinski definition) is 1. The largest absolute Gasteiger partial charge is 0.490 e. The van der Waals surface area contributed by atoms with Crippen molar-refractivity contribution in [1.29, 1.82) is 0 Å². The summed E-state index contributed by atoms with van der Waals surface area (Å²) in [6, 6.07) is 6.44. The van der Waals surface area contributed by atoms with E-state index in [0.717, 1.165) is 51.3 Å². The van der Waals surface area contributed by atoms with Crippen LogP contribution in [-0.4, -0.2) is 25.8 Å². The van der Waals surface area contributed by atoms with Gasteiger partial charge in [-0.05, 0) is 55.6 Å². The molecule has 92 valence electrons. The molecule has 2 aliphatic rings. The summed E-state index contributed by atoms with van der Waals surface area (Å²) in [6.45, 7) is 3.72.